The van der Waals surface area contributed by atoms with Crippen molar-refractivity contribution in [3.05, 3.63) is 52.2 Å². The first-order valence-electron chi connectivity index (χ1n) is 6.86. The molecule has 1 amide bonds. The molecule has 1 aromatic carbocycles. The molecule has 0 unspecified atom stereocenters. The first kappa shape index (κ1) is 16.0. The number of nitrogens with zero attached hydrogens (tertiary/aromatic N) is 2. The van der Waals surface area contributed by atoms with Crippen molar-refractivity contribution in [3.63, 3.8) is 0 Å². The molecule has 0 saturated carbocycles. The highest BCUT2D eigenvalue weighted by Crippen LogP contribution is 2.21. The van der Waals surface area contributed by atoms with Crippen LogP contribution in [0.5, 0.6) is 0 Å². The Morgan fingerprint density at radius 3 is 2.82 bits per heavy atom. The van der Waals surface area contributed by atoms with Crippen LogP contribution in [0.1, 0.15) is 24.5 Å². The molecule has 2 aromatic rings. The van der Waals surface area contributed by atoms with Gasteiger partial charge in [-0.25, -0.2) is 5.84 Å². The molecule has 0 spiro atoms. The van der Waals surface area contributed by atoms with E-state index in [1.54, 1.807) is 16.2 Å². The lowest BCUT2D eigenvalue weighted by Gasteiger charge is -2.22. The SMILES string of the molecule is CCC(=O)N(Cc1ccsc1)c1cccc(C(=NN)NN)c1. The van der Waals surface area contributed by atoms with Crippen molar-refractivity contribution in [1.29, 1.82) is 0 Å². The smallest absolute Gasteiger partial charge is 0.227 e. The highest BCUT2D eigenvalue weighted by Gasteiger charge is 2.16. The summed E-state index contributed by atoms with van der Waals surface area (Å²) >= 11 is 1.61. The first-order valence-corrected chi connectivity index (χ1v) is 7.80. The number of nitrogens with two attached hydrogens (primary N) is 2. The van der Waals surface area contributed by atoms with Gasteiger partial charge >= 0.3 is 0 Å². The van der Waals surface area contributed by atoms with Gasteiger partial charge in [-0.3, -0.25) is 4.79 Å². The number of benzene rings is 1. The van der Waals surface area contributed by atoms with Gasteiger partial charge in [0.05, 0.1) is 6.54 Å². The summed E-state index contributed by atoms with van der Waals surface area (Å²) in [4.78, 5) is 14.0. The zero-order chi connectivity index (χ0) is 15.9. The Labute approximate surface area is 133 Å². The van der Waals surface area contributed by atoms with Crippen molar-refractivity contribution < 1.29 is 4.79 Å². The van der Waals surface area contributed by atoms with Gasteiger partial charge in [0.2, 0.25) is 5.91 Å². The first-order chi connectivity index (χ1) is 10.7. The van der Waals surface area contributed by atoms with Crippen molar-refractivity contribution in [2.75, 3.05) is 4.90 Å². The van der Waals surface area contributed by atoms with Crippen molar-refractivity contribution in [1.82, 2.24) is 5.43 Å². The molecule has 0 fully saturated rings. The normalized spacial score (nSPS) is 11.3. The summed E-state index contributed by atoms with van der Waals surface area (Å²) in [5.74, 6) is 11.1. The second-order valence-corrected chi connectivity index (χ2v) is 5.42. The predicted octanol–water partition coefficient (Wildman–Crippen LogP) is 1.77. The number of amides is 1. The third-order valence-electron chi connectivity index (χ3n) is 3.22. The molecular weight excluding hydrogens is 298 g/mol. The summed E-state index contributed by atoms with van der Waals surface area (Å²) < 4.78 is 0. The summed E-state index contributed by atoms with van der Waals surface area (Å²) in [6.07, 6.45) is 0.432. The molecule has 7 heteroatoms. The predicted molar refractivity (Wildman–Crippen MR) is 90.3 cm³/mol. The minimum Gasteiger partial charge on any atom is -0.321 e. The Balaban J connectivity index is 2.35. The molecule has 5 N–H and O–H groups in total. The lowest BCUT2D eigenvalue weighted by Crippen LogP contribution is -2.33. The van der Waals surface area contributed by atoms with E-state index in [0.29, 0.717) is 18.8 Å². The molecule has 1 heterocycles. The molecule has 0 aliphatic rings. The van der Waals surface area contributed by atoms with E-state index in [9.17, 15) is 4.79 Å². The zero-order valence-corrected chi connectivity index (χ0v) is 13.1. The molecule has 22 heavy (non-hydrogen) atoms. The van der Waals surface area contributed by atoms with Crippen LogP contribution in [0.25, 0.3) is 0 Å². The van der Waals surface area contributed by atoms with Gasteiger partial charge in [-0.1, -0.05) is 19.1 Å². The quantitative estimate of drug-likeness (QED) is 0.339. The fourth-order valence-corrected chi connectivity index (χ4v) is 2.76. The van der Waals surface area contributed by atoms with Crippen LogP contribution in [0, 0.1) is 0 Å². The van der Waals surface area contributed by atoms with Crippen LogP contribution in [0.4, 0.5) is 5.69 Å². The van der Waals surface area contributed by atoms with E-state index in [4.69, 9.17) is 11.7 Å². The van der Waals surface area contributed by atoms with Gasteiger partial charge in [0.25, 0.3) is 0 Å². The fourth-order valence-electron chi connectivity index (χ4n) is 2.10. The number of anilines is 1. The van der Waals surface area contributed by atoms with Crippen LogP contribution in [0.15, 0.2) is 46.2 Å². The summed E-state index contributed by atoms with van der Waals surface area (Å²) in [6.45, 7) is 2.38. The van der Waals surface area contributed by atoms with E-state index in [0.717, 1.165) is 16.8 Å². The van der Waals surface area contributed by atoms with Gasteiger partial charge in [-0.2, -0.15) is 16.4 Å². The molecule has 0 radical (unpaired) electrons. The Kier molecular flexibility index (Phi) is 5.51. The molecular formula is C15H19N5OS. The second kappa shape index (κ2) is 7.58. The summed E-state index contributed by atoms with van der Waals surface area (Å²) in [5, 5.41) is 7.63. The maximum atomic E-state index is 12.3. The van der Waals surface area contributed by atoms with Crippen LogP contribution in [-0.2, 0) is 11.3 Å². The third-order valence-corrected chi connectivity index (χ3v) is 3.95. The maximum absolute atomic E-state index is 12.3. The van der Waals surface area contributed by atoms with Crippen LogP contribution < -0.4 is 22.0 Å². The molecule has 1 aromatic heterocycles. The third kappa shape index (κ3) is 3.63. The summed E-state index contributed by atoms with van der Waals surface area (Å²) in [7, 11) is 0. The average molecular weight is 317 g/mol. The van der Waals surface area contributed by atoms with Crippen LogP contribution in [0.2, 0.25) is 0 Å². The Hall–Kier alpha value is -2.38. The maximum Gasteiger partial charge on any atom is 0.227 e. The number of carbonyl (C=O) groups is 1. The van der Waals surface area contributed by atoms with Gasteiger partial charge in [0.1, 0.15) is 0 Å². The van der Waals surface area contributed by atoms with E-state index in [1.807, 2.05) is 48.0 Å². The molecule has 116 valence electrons. The molecule has 2 rings (SSSR count). The highest BCUT2D eigenvalue weighted by molar-refractivity contribution is 7.07. The van der Waals surface area contributed by atoms with E-state index < -0.39 is 0 Å². The summed E-state index contributed by atoms with van der Waals surface area (Å²) in [5.41, 5.74) is 5.05. The van der Waals surface area contributed by atoms with Crippen LogP contribution in [-0.4, -0.2) is 11.7 Å². The number of hydrazine groups is 1. The number of carbonyl (C=O) groups excluding carboxylic acids is 1. The molecule has 0 aliphatic carbocycles. The number of thiophene rings is 1. The van der Waals surface area contributed by atoms with Gasteiger partial charge in [0, 0.05) is 17.7 Å². The molecule has 0 saturated heterocycles. The number of amidine groups is 1. The fraction of sp³-hybridized carbons (Fsp3) is 0.200. The Morgan fingerprint density at radius 2 is 2.23 bits per heavy atom. The standard InChI is InChI=1S/C15H19N5OS/c1-2-14(21)20(9-11-6-7-22-10-11)13-5-3-4-12(8-13)15(18-16)19-17/h3-8,10H,2,9,16-17H2,1H3,(H,18,19). The van der Waals surface area contributed by atoms with Crippen molar-refractivity contribution in [2.45, 2.75) is 19.9 Å². The zero-order valence-electron chi connectivity index (χ0n) is 12.3. The van der Waals surface area contributed by atoms with Crippen LogP contribution >= 0.6 is 11.3 Å². The molecule has 6 nitrogen and oxygen atoms in total. The number of hydrogen-bond acceptors (Lipinski definition) is 5. The Bertz CT molecular complexity index is 654. The second-order valence-electron chi connectivity index (χ2n) is 4.64. The minimum absolute atomic E-state index is 0.0512. The number of hydrazone groups is 1. The lowest BCUT2D eigenvalue weighted by atomic mass is 10.1. The molecule has 0 atom stereocenters. The van der Waals surface area contributed by atoms with Crippen molar-refractivity contribution >= 4 is 28.8 Å². The number of nitrogens with one attached hydrogen (secondary N) is 1. The highest BCUT2D eigenvalue weighted by atomic mass is 32.1. The lowest BCUT2D eigenvalue weighted by molar-refractivity contribution is -0.118. The average Bonchev–Trinajstić information content (AvgIpc) is 3.06. The van der Waals surface area contributed by atoms with Gasteiger partial charge in [0.15, 0.2) is 5.84 Å². The minimum atomic E-state index is 0.0512. The van der Waals surface area contributed by atoms with Crippen LogP contribution in [0.3, 0.4) is 0 Å². The monoisotopic (exact) mass is 317 g/mol. The van der Waals surface area contributed by atoms with Crippen molar-refractivity contribution in [3.8, 4) is 0 Å². The van der Waals surface area contributed by atoms with Gasteiger partial charge < -0.3 is 16.2 Å². The summed E-state index contributed by atoms with van der Waals surface area (Å²) in [6, 6.07) is 9.41. The molecule has 0 bridgehead atoms. The van der Waals surface area contributed by atoms with E-state index in [-0.39, 0.29) is 5.91 Å². The topological polar surface area (TPSA) is 96.7 Å². The van der Waals surface area contributed by atoms with Gasteiger partial charge in [-0.05, 0) is 34.5 Å². The largest absolute Gasteiger partial charge is 0.321 e. The van der Waals surface area contributed by atoms with E-state index in [1.165, 1.54) is 0 Å². The number of hydrogen-bond donors (Lipinski definition) is 3. The Morgan fingerprint density at radius 1 is 1.41 bits per heavy atom. The molecule has 0 aliphatic heterocycles. The van der Waals surface area contributed by atoms with E-state index >= 15 is 0 Å². The van der Waals surface area contributed by atoms with Gasteiger partial charge in [-0.15, -0.1) is 0 Å². The number of rotatable bonds is 5. The van der Waals surface area contributed by atoms with Crippen molar-refractivity contribution in [2.24, 2.45) is 16.8 Å². The van der Waals surface area contributed by atoms with E-state index in [2.05, 4.69) is 10.5 Å².